The van der Waals surface area contributed by atoms with Crippen LogP contribution in [0.25, 0.3) is 0 Å². The number of aryl methyl sites for hydroxylation is 1. The largest absolute Gasteiger partial charge is 0.491 e. The first-order valence-electron chi connectivity index (χ1n) is 10.4. The smallest absolute Gasteiger partial charge is 0.199 e. The molecule has 2 unspecified atom stereocenters. The van der Waals surface area contributed by atoms with Crippen LogP contribution in [0.1, 0.15) is 32.9 Å². The second kappa shape index (κ2) is 10.3. The van der Waals surface area contributed by atoms with E-state index in [0.717, 1.165) is 61.4 Å². The Morgan fingerprint density at radius 3 is 2.48 bits per heavy atom. The number of aliphatic hydroxyl groups is 1. The Morgan fingerprint density at radius 2 is 1.86 bits per heavy atom. The lowest BCUT2D eigenvalue weighted by molar-refractivity contribution is -0.0586. The number of para-hydroxylation sites is 2. The van der Waals surface area contributed by atoms with Gasteiger partial charge in [0.1, 0.15) is 11.9 Å². The molecule has 2 aromatic rings. The Labute approximate surface area is 178 Å². The van der Waals surface area contributed by atoms with Crippen molar-refractivity contribution < 1.29 is 14.6 Å². The van der Waals surface area contributed by atoms with Crippen molar-refractivity contribution >= 4 is 17.0 Å². The van der Waals surface area contributed by atoms with Crippen LogP contribution >= 0.6 is 11.3 Å². The fourth-order valence-corrected chi connectivity index (χ4v) is 4.14. The van der Waals surface area contributed by atoms with Crippen LogP contribution in [0.3, 0.4) is 0 Å². The van der Waals surface area contributed by atoms with Crippen molar-refractivity contribution in [1.82, 2.24) is 9.88 Å². The van der Waals surface area contributed by atoms with Gasteiger partial charge in [-0.2, -0.15) is 0 Å². The van der Waals surface area contributed by atoms with Crippen molar-refractivity contribution in [3.05, 3.63) is 35.5 Å². The number of ether oxygens (including phenoxy) is 2. The predicted molar refractivity (Wildman–Crippen MR) is 118 cm³/mol. The summed E-state index contributed by atoms with van der Waals surface area (Å²) in [6.45, 7) is 12.2. The third kappa shape index (κ3) is 5.84. The van der Waals surface area contributed by atoms with Gasteiger partial charge in [0.15, 0.2) is 11.3 Å². The number of thiazole rings is 1. The highest BCUT2D eigenvalue weighted by molar-refractivity contribution is 7.11. The number of rotatable bonds is 9. The van der Waals surface area contributed by atoms with Crippen LogP contribution in [0, 0.1) is 12.8 Å². The fraction of sp³-hybridized carbons (Fsp3) is 0.591. The van der Waals surface area contributed by atoms with Gasteiger partial charge < -0.3 is 19.5 Å². The molecular formula is C22H33N3O3S. The van der Waals surface area contributed by atoms with E-state index in [1.807, 2.05) is 13.0 Å². The zero-order valence-corrected chi connectivity index (χ0v) is 18.7. The Hall–Kier alpha value is -1.83. The molecule has 6 nitrogen and oxygen atoms in total. The average molecular weight is 420 g/mol. The predicted octanol–water partition coefficient (Wildman–Crippen LogP) is 3.78. The standard InChI is InChI=1S/C22H33N3O3S/c1-16(2)9-14-27-20-8-6-5-7-19(20)24-10-12-25(13-11-24)21(18(4)26)28-22-17(3)23-15-29-22/h5-8,15-16,18,21,26H,9-14H2,1-4H3. The summed E-state index contributed by atoms with van der Waals surface area (Å²) in [6, 6.07) is 8.27. The number of nitrogens with zero attached hydrogens (tertiary/aromatic N) is 3. The molecule has 0 saturated carbocycles. The van der Waals surface area contributed by atoms with Gasteiger partial charge in [-0.05, 0) is 38.3 Å². The summed E-state index contributed by atoms with van der Waals surface area (Å²) < 4.78 is 12.2. The van der Waals surface area contributed by atoms with Crippen molar-refractivity contribution in [3.63, 3.8) is 0 Å². The van der Waals surface area contributed by atoms with E-state index in [2.05, 4.69) is 46.8 Å². The SMILES string of the molecule is Cc1ncsc1OC(C(C)O)N1CCN(c2ccccc2OCCC(C)C)CC1. The number of aliphatic hydroxyl groups excluding tert-OH is 1. The number of piperazine rings is 1. The van der Waals surface area contributed by atoms with Crippen molar-refractivity contribution in [1.29, 1.82) is 0 Å². The van der Waals surface area contributed by atoms with E-state index in [1.165, 1.54) is 11.3 Å². The molecule has 1 saturated heterocycles. The summed E-state index contributed by atoms with van der Waals surface area (Å²) >= 11 is 1.47. The van der Waals surface area contributed by atoms with E-state index in [4.69, 9.17) is 9.47 Å². The third-order valence-electron chi connectivity index (χ3n) is 5.17. The maximum absolute atomic E-state index is 10.3. The molecule has 3 rings (SSSR count). The van der Waals surface area contributed by atoms with Crippen molar-refractivity contribution in [2.45, 2.75) is 46.4 Å². The molecule has 0 aliphatic carbocycles. The summed E-state index contributed by atoms with van der Waals surface area (Å²) in [7, 11) is 0. The van der Waals surface area contributed by atoms with E-state index in [1.54, 1.807) is 12.4 Å². The van der Waals surface area contributed by atoms with Gasteiger partial charge in [0, 0.05) is 26.2 Å². The van der Waals surface area contributed by atoms with Crippen LogP contribution in [-0.2, 0) is 0 Å². The van der Waals surface area contributed by atoms with Crippen molar-refractivity contribution in [2.75, 3.05) is 37.7 Å². The van der Waals surface area contributed by atoms with E-state index in [-0.39, 0.29) is 6.23 Å². The summed E-state index contributed by atoms with van der Waals surface area (Å²) in [5, 5.41) is 11.1. The first-order valence-corrected chi connectivity index (χ1v) is 11.3. The van der Waals surface area contributed by atoms with Gasteiger partial charge in [0.05, 0.1) is 23.5 Å². The van der Waals surface area contributed by atoms with Gasteiger partial charge in [-0.15, -0.1) is 0 Å². The van der Waals surface area contributed by atoms with Gasteiger partial charge in [0.25, 0.3) is 0 Å². The molecule has 1 aliphatic rings. The van der Waals surface area contributed by atoms with Crippen LogP contribution in [0.5, 0.6) is 10.8 Å². The van der Waals surface area contributed by atoms with Crippen LogP contribution < -0.4 is 14.4 Å². The Morgan fingerprint density at radius 1 is 1.14 bits per heavy atom. The minimum absolute atomic E-state index is 0.367. The first-order chi connectivity index (χ1) is 14.0. The van der Waals surface area contributed by atoms with E-state index < -0.39 is 6.10 Å². The van der Waals surface area contributed by atoms with Crippen molar-refractivity contribution in [3.8, 4) is 10.8 Å². The molecular weight excluding hydrogens is 386 g/mol. The lowest BCUT2D eigenvalue weighted by atomic mass is 10.1. The van der Waals surface area contributed by atoms with E-state index in [9.17, 15) is 5.11 Å². The molecule has 2 heterocycles. The topological polar surface area (TPSA) is 58.1 Å². The Bertz CT molecular complexity index is 757. The average Bonchev–Trinajstić information content (AvgIpc) is 3.11. The molecule has 0 spiro atoms. The molecule has 0 bridgehead atoms. The molecule has 7 heteroatoms. The molecule has 1 aromatic heterocycles. The molecule has 1 aromatic carbocycles. The zero-order valence-electron chi connectivity index (χ0n) is 17.9. The molecule has 0 radical (unpaired) electrons. The van der Waals surface area contributed by atoms with Gasteiger partial charge in [-0.3, -0.25) is 4.90 Å². The lowest BCUT2D eigenvalue weighted by Crippen LogP contribution is -2.55. The summed E-state index contributed by atoms with van der Waals surface area (Å²) in [6.07, 6.45) is 0.0931. The number of aromatic nitrogens is 1. The van der Waals surface area contributed by atoms with Crippen LogP contribution in [0.2, 0.25) is 0 Å². The van der Waals surface area contributed by atoms with E-state index >= 15 is 0 Å². The summed E-state index contributed by atoms with van der Waals surface area (Å²) in [4.78, 5) is 8.81. The van der Waals surface area contributed by atoms with E-state index in [0.29, 0.717) is 5.92 Å². The zero-order chi connectivity index (χ0) is 20.8. The van der Waals surface area contributed by atoms with Crippen LogP contribution in [0.4, 0.5) is 5.69 Å². The molecule has 29 heavy (non-hydrogen) atoms. The van der Waals surface area contributed by atoms with Crippen LogP contribution in [-0.4, -0.2) is 60.1 Å². The minimum atomic E-state index is -0.588. The second-order valence-corrected chi connectivity index (χ2v) is 8.81. The fourth-order valence-electron chi connectivity index (χ4n) is 3.45. The summed E-state index contributed by atoms with van der Waals surface area (Å²) in [5.74, 6) is 1.58. The normalized spacial score (nSPS) is 17.4. The number of hydrogen-bond acceptors (Lipinski definition) is 7. The highest BCUT2D eigenvalue weighted by atomic mass is 32.1. The third-order valence-corrected chi connectivity index (χ3v) is 5.99. The van der Waals surface area contributed by atoms with Gasteiger partial charge >= 0.3 is 0 Å². The summed E-state index contributed by atoms with van der Waals surface area (Å²) in [5.41, 5.74) is 3.79. The second-order valence-electron chi connectivity index (χ2n) is 8.00. The molecule has 1 fully saturated rings. The number of benzene rings is 1. The molecule has 0 amide bonds. The lowest BCUT2D eigenvalue weighted by Gasteiger charge is -2.41. The number of anilines is 1. The molecule has 2 atom stereocenters. The minimum Gasteiger partial charge on any atom is -0.491 e. The van der Waals surface area contributed by atoms with Crippen LogP contribution in [0.15, 0.2) is 29.8 Å². The molecule has 1 aliphatic heterocycles. The first kappa shape index (κ1) is 21.9. The molecule has 160 valence electrons. The maximum Gasteiger partial charge on any atom is 0.199 e. The van der Waals surface area contributed by atoms with Gasteiger partial charge in [0.2, 0.25) is 0 Å². The Balaban J connectivity index is 1.61. The monoisotopic (exact) mass is 419 g/mol. The maximum atomic E-state index is 10.3. The van der Waals surface area contributed by atoms with Crippen molar-refractivity contribution in [2.24, 2.45) is 5.92 Å². The van der Waals surface area contributed by atoms with Gasteiger partial charge in [-0.1, -0.05) is 37.3 Å². The van der Waals surface area contributed by atoms with Gasteiger partial charge in [-0.25, -0.2) is 4.98 Å². The quantitative estimate of drug-likeness (QED) is 0.667. The number of hydrogen-bond donors (Lipinski definition) is 1. The highest BCUT2D eigenvalue weighted by Gasteiger charge is 2.30. The molecule has 1 N–H and O–H groups in total. The Kier molecular flexibility index (Phi) is 7.75. The highest BCUT2D eigenvalue weighted by Crippen LogP contribution is 2.30.